The molecular formula is C18H18N2S. The van der Waals surface area contributed by atoms with Crippen LogP contribution in [0.25, 0.3) is 20.2 Å². The lowest BCUT2D eigenvalue weighted by Gasteiger charge is -2.25. The highest BCUT2D eigenvalue weighted by atomic mass is 32.1. The predicted octanol–water partition coefficient (Wildman–Crippen LogP) is 5.01. The highest BCUT2D eigenvalue weighted by molar-refractivity contribution is 7.25. The zero-order valence-electron chi connectivity index (χ0n) is 12.3. The van der Waals surface area contributed by atoms with Gasteiger partial charge in [-0.1, -0.05) is 24.3 Å². The summed E-state index contributed by atoms with van der Waals surface area (Å²) in [5.41, 5.74) is 1.31. The van der Waals surface area contributed by atoms with Crippen molar-refractivity contribution in [2.24, 2.45) is 0 Å². The summed E-state index contributed by atoms with van der Waals surface area (Å²) in [5, 5.41) is 2.75. The molecule has 2 nitrogen and oxygen atoms in total. The molecule has 1 aliphatic heterocycles. The third kappa shape index (κ3) is 2.00. The Morgan fingerprint density at radius 3 is 2.57 bits per heavy atom. The topological polar surface area (TPSA) is 6.48 Å². The van der Waals surface area contributed by atoms with Crippen LogP contribution in [0.3, 0.4) is 0 Å². The van der Waals surface area contributed by atoms with Gasteiger partial charge in [-0.15, -0.1) is 11.3 Å². The van der Waals surface area contributed by atoms with E-state index < -0.39 is 0 Å². The van der Waals surface area contributed by atoms with Gasteiger partial charge in [0.2, 0.25) is 0 Å². The van der Waals surface area contributed by atoms with Crippen LogP contribution in [0.4, 0.5) is 5.69 Å². The number of anilines is 1. The second-order valence-electron chi connectivity index (χ2n) is 5.77. The molecule has 4 rings (SSSR count). The summed E-state index contributed by atoms with van der Waals surface area (Å²) in [6.45, 7) is 5.39. The molecular weight excluding hydrogens is 276 g/mol. The third-order valence-electron chi connectivity index (χ3n) is 4.11. The summed E-state index contributed by atoms with van der Waals surface area (Å²) < 4.78 is 2.73. The van der Waals surface area contributed by atoms with Crippen LogP contribution in [0.15, 0.2) is 54.9 Å². The van der Waals surface area contributed by atoms with Gasteiger partial charge in [0.05, 0.1) is 12.4 Å². The molecule has 106 valence electrons. The Kier molecular flexibility index (Phi) is 2.89. The largest absolute Gasteiger partial charge is 0.356 e. The number of rotatable bonds is 2. The van der Waals surface area contributed by atoms with Crippen LogP contribution in [0, 0.1) is 0 Å². The molecule has 0 spiro atoms. The van der Waals surface area contributed by atoms with Gasteiger partial charge in [0.1, 0.15) is 0 Å². The maximum atomic E-state index is 2.35. The first-order valence-corrected chi connectivity index (χ1v) is 8.16. The van der Waals surface area contributed by atoms with Gasteiger partial charge in [-0.05, 0) is 32.0 Å². The van der Waals surface area contributed by atoms with Gasteiger partial charge >= 0.3 is 0 Å². The van der Waals surface area contributed by atoms with Gasteiger partial charge in [-0.2, -0.15) is 0 Å². The Labute approximate surface area is 128 Å². The summed E-state index contributed by atoms with van der Waals surface area (Å²) in [6.07, 6.45) is 4.39. The number of fused-ring (bicyclic) bond motifs is 3. The second-order valence-corrected chi connectivity index (χ2v) is 6.85. The van der Waals surface area contributed by atoms with Gasteiger partial charge in [-0.25, -0.2) is 0 Å². The first-order chi connectivity index (χ1) is 10.2. The van der Waals surface area contributed by atoms with Crippen molar-refractivity contribution in [2.45, 2.75) is 19.9 Å². The Hall–Kier alpha value is -2.00. The molecule has 0 radical (unpaired) electrons. The number of hydrogen-bond donors (Lipinski definition) is 0. The molecule has 0 bridgehead atoms. The monoisotopic (exact) mass is 294 g/mol. The van der Waals surface area contributed by atoms with E-state index in [0.717, 1.165) is 6.67 Å². The number of thiophene rings is 1. The number of benzene rings is 2. The summed E-state index contributed by atoms with van der Waals surface area (Å²) >= 11 is 1.88. The van der Waals surface area contributed by atoms with Crippen LogP contribution in [0.5, 0.6) is 0 Å². The van der Waals surface area contributed by atoms with E-state index in [1.807, 2.05) is 11.3 Å². The average molecular weight is 294 g/mol. The normalized spacial score (nSPS) is 15.0. The van der Waals surface area contributed by atoms with E-state index in [-0.39, 0.29) is 0 Å². The van der Waals surface area contributed by atoms with Crippen molar-refractivity contribution in [3.63, 3.8) is 0 Å². The predicted molar refractivity (Wildman–Crippen MR) is 92.8 cm³/mol. The van der Waals surface area contributed by atoms with Crippen LogP contribution in [0.2, 0.25) is 0 Å². The molecule has 3 heteroatoms. The first kappa shape index (κ1) is 12.7. The fraction of sp³-hybridized carbons (Fsp3) is 0.222. The minimum absolute atomic E-state index is 0.532. The number of hydrogen-bond acceptors (Lipinski definition) is 3. The van der Waals surface area contributed by atoms with E-state index >= 15 is 0 Å². The van der Waals surface area contributed by atoms with E-state index in [1.165, 1.54) is 25.9 Å². The summed E-state index contributed by atoms with van der Waals surface area (Å²) in [4.78, 5) is 4.70. The average Bonchev–Trinajstić information content (AvgIpc) is 3.11. The van der Waals surface area contributed by atoms with Crippen molar-refractivity contribution < 1.29 is 0 Å². The van der Waals surface area contributed by atoms with Crippen LogP contribution in [-0.4, -0.2) is 17.6 Å². The lowest BCUT2D eigenvalue weighted by Crippen LogP contribution is -2.30. The van der Waals surface area contributed by atoms with E-state index in [9.17, 15) is 0 Å². The van der Waals surface area contributed by atoms with Crippen molar-refractivity contribution in [3.05, 3.63) is 54.9 Å². The summed E-state index contributed by atoms with van der Waals surface area (Å²) in [7, 11) is 0. The maximum Gasteiger partial charge on any atom is 0.0944 e. The molecule has 0 amide bonds. The Balaban J connectivity index is 1.88. The van der Waals surface area contributed by atoms with Crippen molar-refractivity contribution >= 4 is 37.2 Å². The molecule has 0 saturated heterocycles. The van der Waals surface area contributed by atoms with Gasteiger partial charge in [-0.3, -0.25) is 0 Å². The fourth-order valence-corrected chi connectivity index (χ4v) is 4.05. The van der Waals surface area contributed by atoms with Crippen LogP contribution >= 0.6 is 11.3 Å². The lowest BCUT2D eigenvalue weighted by molar-refractivity contribution is 0.336. The van der Waals surface area contributed by atoms with E-state index in [4.69, 9.17) is 0 Å². The molecule has 21 heavy (non-hydrogen) atoms. The van der Waals surface area contributed by atoms with Gasteiger partial charge in [0.25, 0.3) is 0 Å². The molecule has 0 N–H and O–H groups in total. The van der Waals surface area contributed by atoms with Crippen LogP contribution in [0.1, 0.15) is 13.8 Å². The molecule has 1 aliphatic rings. The molecule has 0 fully saturated rings. The summed E-state index contributed by atoms with van der Waals surface area (Å²) in [6, 6.07) is 15.9. The number of nitrogens with zero attached hydrogens (tertiary/aromatic N) is 2. The van der Waals surface area contributed by atoms with Crippen molar-refractivity contribution in [3.8, 4) is 0 Å². The highest BCUT2D eigenvalue weighted by Gasteiger charge is 2.19. The molecule has 3 aromatic rings. The molecule has 1 aromatic heterocycles. The zero-order valence-corrected chi connectivity index (χ0v) is 13.1. The molecule has 0 saturated carbocycles. The first-order valence-electron chi connectivity index (χ1n) is 7.35. The molecule has 2 heterocycles. The fourth-order valence-electron chi connectivity index (χ4n) is 2.92. The smallest absolute Gasteiger partial charge is 0.0944 e. The second kappa shape index (κ2) is 4.78. The quantitative estimate of drug-likeness (QED) is 0.655. The molecule has 0 atom stereocenters. The van der Waals surface area contributed by atoms with E-state index in [0.29, 0.717) is 6.04 Å². The zero-order chi connectivity index (χ0) is 14.4. The van der Waals surface area contributed by atoms with Crippen molar-refractivity contribution in [2.75, 3.05) is 11.6 Å². The Morgan fingerprint density at radius 1 is 0.952 bits per heavy atom. The van der Waals surface area contributed by atoms with Crippen LogP contribution in [-0.2, 0) is 0 Å². The lowest BCUT2D eigenvalue weighted by atomic mass is 10.1. The van der Waals surface area contributed by atoms with Crippen LogP contribution < -0.4 is 4.90 Å². The van der Waals surface area contributed by atoms with Crippen molar-refractivity contribution in [1.82, 2.24) is 4.90 Å². The molecule has 0 unspecified atom stereocenters. The molecule has 2 aromatic carbocycles. The van der Waals surface area contributed by atoms with Crippen molar-refractivity contribution in [1.29, 1.82) is 0 Å². The SMILES string of the molecule is CC(C)N1C=CN(c2cccc3sc4ccccc4c23)C1. The minimum Gasteiger partial charge on any atom is -0.356 e. The summed E-state index contributed by atoms with van der Waals surface area (Å²) in [5.74, 6) is 0. The van der Waals surface area contributed by atoms with E-state index in [1.54, 1.807) is 0 Å². The Bertz CT molecular complexity index is 831. The maximum absolute atomic E-state index is 2.35. The minimum atomic E-state index is 0.532. The third-order valence-corrected chi connectivity index (χ3v) is 5.24. The molecule has 0 aliphatic carbocycles. The highest BCUT2D eigenvalue weighted by Crippen LogP contribution is 2.40. The standard InChI is InChI=1S/C18H18N2S/c1-13(2)19-10-11-20(12-19)15-7-5-9-17-18(15)14-6-3-4-8-16(14)21-17/h3-11,13H,12H2,1-2H3. The Morgan fingerprint density at radius 2 is 1.76 bits per heavy atom. The van der Waals surface area contributed by atoms with Gasteiger partial charge in [0.15, 0.2) is 0 Å². The van der Waals surface area contributed by atoms with E-state index in [2.05, 4.69) is 78.5 Å². The van der Waals surface area contributed by atoms with Gasteiger partial charge < -0.3 is 9.80 Å². The van der Waals surface area contributed by atoms with Gasteiger partial charge in [0, 0.05) is 38.6 Å².